The number of nitrogens with one attached hydrogen (secondary N) is 1. The van der Waals surface area contributed by atoms with Gasteiger partial charge in [0.15, 0.2) is 0 Å². The standard InChI is InChI=1S/C19H17N3O2/c23-15-8-6-13(7-9-15)10-16-19(24)22-12-17(20-11-18(22)21-16)14-4-2-1-3-5-14/h1-9,11,16,21,23H,10,12H2. The SMILES string of the molecule is O=C1C(Cc2ccc(O)cc2)NC2=CN=C(c3ccccc3)CN12. The third kappa shape index (κ3) is 2.65. The van der Waals surface area contributed by atoms with E-state index in [0.717, 1.165) is 22.7 Å². The van der Waals surface area contributed by atoms with Gasteiger partial charge in [0, 0.05) is 6.42 Å². The maximum absolute atomic E-state index is 12.7. The Morgan fingerprint density at radius 1 is 1.12 bits per heavy atom. The summed E-state index contributed by atoms with van der Waals surface area (Å²) in [6, 6.07) is 16.5. The molecule has 0 spiro atoms. The number of hydrogen-bond acceptors (Lipinski definition) is 4. The van der Waals surface area contributed by atoms with Crippen LogP contribution in [0.2, 0.25) is 0 Å². The number of rotatable bonds is 3. The summed E-state index contributed by atoms with van der Waals surface area (Å²) >= 11 is 0. The van der Waals surface area contributed by atoms with Crippen molar-refractivity contribution < 1.29 is 9.90 Å². The Balaban J connectivity index is 1.50. The Bertz CT molecular complexity index is 825. The molecule has 2 aromatic rings. The smallest absolute Gasteiger partial charge is 0.251 e. The van der Waals surface area contributed by atoms with Crippen LogP contribution < -0.4 is 5.32 Å². The number of hydrogen-bond donors (Lipinski definition) is 2. The summed E-state index contributed by atoms with van der Waals surface area (Å²) in [4.78, 5) is 19.0. The number of carbonyl (C=O) groups is 1. The largest absolute Gasteiger partial charge is 0.508 e. The van der Waals surface area contributed by atoms with Gasteiger partial charge in [-0.1, -0.05) is 42.5 Å². The summed E-state index contributed by atoms with van der Waals surface area (Å²) < 4.78 is 0. The lowest BCUT2D eigenvalue weighted by Crippen LogP contribution is -2.35. The molecule has 1 saturated heterocycles. The molecular weight excluding hydrogens is 302 g/mol. The fourth-order valence-electron chi connectivity index (χ4n) is 3.03. The molecule has 1 amide bonds. The van der Waals surface area contributed by atoms with Gasteiger partial charge in [-0.3, -0.25) is 14.7 Å². The molecule has 1 fully saturated rings. The van der Waals surface area contributed by atoms with Crippen LogP contribution >= 0.6 is 0 Å². The first kappa shape index (κ1) is 14.5. The second-order valence-electron chi connectivity index (χ2n) is 5.95. The normalized spacial score (nSPS) is 19.4. The van der Waals surface area contributed by atoms with Gasteiger partial charge in [-0.2, -0.15) is 0 Å². The minimum Gasteiger partial charge on any atom is -0.508 e. The van der Waals surface area contributed by atoms with Gasteiger partial charge in [0.1, 0.15) is 17.6 Å². The van der Waals surface area contributed by atoms with E-state index >= 15 is 0 Å². The molecule has 0 aliphatic carbocycles. The topological polar surface area (TPSA) is 64.9 Å². The van der Waals surface area contributed by atoms with E-state index in [1.165, 1.54) is 0 Å². The Hall–Kier alpha value is -3.08. The lowest BCUT2D eigenvalue weighted by atomic mass is 10.1. The molecular formula is C19H17N3O2. The second kappa shape index (κ2) is 5.85. The molecule has 2 N–H and O–H groups in total. The number of benzene rings is 2. The van der Waals surface area contributed by atoms with Crippen molar-refractivity contribution in [3.8, 4) is 5.75 Å². The molecule has 0 saturated carbocycles. The molecule has 24 heavy (non-hydrogen) atoms. The number of aromatic hydroxyl groups is 1. The van der Waals surface area contributed by atoms with Crippen molar-refractivity contribution in [1.29, 1.82) is 0 Å². The summed E-state index contributed by atoms with van der Waals surface area (Å²) in [5, 5.41) is 12.6. The first-order chi connectivity index (χ1) is 11.7. The van der Waals surface area contributed by atoms with E-state index in [9.17, 15) is 9.90 Å². The van der Waals surface area contributed by atoms with Crippen molar-refractivity contribution in [2.45, 2.75) is 12.5 Å². The Morgan fingerprint density at radius 3 is 2.62 bits per heavy atom. The van der Waals surface area contributed by atoms with E-state index in [-0.39, 0.29) is 17.7 Å². The predicted octanol–water partition coefficient (Wildman–Crippen LogP) is 2.04. The van der Waals surface area contributed by atoms with Gasteiger partial charge in [-0.15, -0.1) is 0 Å². The number of amides is 1. The van der Waals surface area contributed by atoms with Crippen molar-refractivity contribution in [3.05, 3.63) is 77.7 Å². The quantitative estimate of drug-likeness (QED) is 0.910. The first-order valence-corrected chi connectivity index (χ1v) is 7.89. The molecule has 2 heterocycles. The van der Waals surface area contributed by atoms with E-state index in [0.29, 0.717) is 13.0 Å². The van der Waals surface area contributed by atoms with Crippen LogP contribution in [0.1, 0.15) is 11.1 Å². The number of nitrogens with zero attached hydrogens (tertiary/aromatic N) is 2. The van der Waals surface area contributed by atoms with Crippen LogP contribution in [-0.4, -0.2) is 34.2 Å². The minimum atomic E-state index is -0.300. The summed E-state index contributed by atoms with van der Waals surface area (Å²) in [6.07, 6.45) is 2.30. The van der Waals surface area contributed by atoms with Crippen LogP contribution in [0.25, 0.3) is 0 Å². The average molecular weight is 319 g/mol. The van der Waals surface area contributed by atoms with Crippen LogP contribution in [0, 0.1) is 0 Å². The highest BCUT2D eigenvalue weighted by Gasteiger charge is 2.37. The van der Waals surface area contributed by atoms with Crippen LogP contribution in [-0.2, 0) is 11.2 Å². The Kier molecular flexibility index (Phi) is 3.54. The molecule has 2 aromatic carbocycles. The number of phenolic OH excluding ortho intramolecular Hbond substituents is 1. The summed E-state index contributed by atoms with van der Waals surface area (Å²) in [5.41, 5.74) is 2.92. The molecule has 5 heteroatoms. The zero-order valence-electron chi connectivity index (χ0n) is 13.0. The van der Waals surface area contributed by atoms with E-state index in [1.807, 2.05) is 42.5 Å². The molecule has 0 radical (unpaired) electrons. The predicted molar refractivity (Wildman–Crippen MR) is 91.5 cm³/mol. The highest BCUT2D eigenvalue weighted by atomic mass is 16.3. The van der Waals surface area contributed by atoms with Crippen LogP contribution in [0.4, 0.5) is 0 Å². The highest BCUT2D eigenvalue weighted by Crippen LogP contribution is 2.22. The van der Waals surface area contributed by atoms with Gasteiger partial charge in [0.05, 0.1) is 18.5 Å². The number of phenols is 1. The molecule has 0 bridgehead atoms. The van der Waals surface area contributed by atoms with Crippen molar-refractivity contribution in [1.82, 2.24) is 10.2 Å². The van der Waals surface area contributed by atoms with Gasteiger partial charge in [-0.05, 0) is 23.3 Å². The second-order valence-corrected chi connectivity index (χ2v) is 5.95. The summed E-state index contributed by atoms with van der Waals surface area (Å²) in [5.74, 6) is 1.03. The zero-order chi connectivity index (χ0) is 16.5. The lowest BCUT2D eigenvalue weighted by Gasteiger charge is -2.21. The van der Waals surface area contributed by atoms with Crippen LogP contribution in [0.5, 0.6) is 5.75 Å². The fraction of sp³-hybridized carbons (Fsp3) is 0.158. The molecule has 0 aromatic heterocycles. The van der Waals surface area contributed by atoms with Gasteiger partial charge < -0.3 is 10.4 Å². The number of fused-ring (bicyclic) bond motifs is 1. The Labute approximate surface area is 140 Å². The zero-order valence-corrected chi connectivity index (χ0v) is 13.0. The van der Waals surface area contributed by atoms with Crippen LogP contribution in [0.3, 0.4) is 0 Å². The molecule has 5 nitrogen and oxygen atoms in total. The molecule has 120 valence electrons. The van der Waals surface area contributed by atoms with E-state index < -0.39 is 0 Å². The van der Waals surface area contributed by atoms with Gasteiger partial charge in [0.2, 0.25) is 0 Å². The maximum Gasteiger partial charge on any atom is 0.251 e. The first-order valence-electron chi connectivity index (χ1n) is 7.89. The minimum absolute atomic E-state index is 0.0534. The monoisotopic (exact) mass is 319 g/mol. The Morgan fingerprint density at radius 2 is 1.88 bits per heavy atom. The number of aliphatic imine (C=N–C) groups is 1. The highest BCUT2D eigenvalue weighted by molar-refractivity contribution is 6.05. The van der Waals surface area contributed by atoms with Crippen molar-refractivity contribution in [2.24, 2.45) is 4.99 Å². The summed E-state index contributed by atoms with van der Waals surface area (Å²) in [6.45, 7) is 0.480. The number of carbonyl (C=O) groups excluding carboxylic acids is 1. The van der Waals surface area contributed by atoms with Crippen molar-refractivity contribution >= 4 is 11.6 Å². The van der Waals surface area contributed by atoms with E-state index in [1.54, 1.807) is 23.2 Å². The lowest BCUT2D eigenvalue weighted by molar-refractivity contribution is -0.127. The van der Waals surface area contributed by atoms with Crippen molar-refractivity contribution in [3.63, 3.8) is 0 Å². The van der Waals surface area contributed by atoms with E-state index in [4.69, 9.17) is 0 Å². The van der Waals surface area contributed by atoms with Gasteiger partial charge in [-0.25, -0.2) is 0 Å². The molecule has 2 aliphatic rings. The third-order valence-corrected chi connectivity index (χ3v) is 4.31. The molecule has 2 aliphatic heterocycles. The maximum atomic E-state index is 12.7. The van der Waals surface area contributed by atoms with Crippen LogP contribution in [0.15, 0.2) is 71.6 Å². The molecule has 1 atom stereocenters. The summed E-state index contributed by atoms with van der Waals surface area (Å²) in [7, 11) is 0. The van der Waals surface area contributed by atoms with Gasteiger partial charge in [0.25, 0.3) is 5.91 Å². The van der Waals surface area contributed by atoms with Gasteiger partial charge >= 0.3 is 0 Å². The van der Waals surface area contributed by atoms with E-state index in [2.05, 4.69) is 10.3 Å². The molecule has 4 rings (SSSR count). The third-order valence-electron chi connectivity index (χ3n) is 4.31. The fourth-order valence-corrected chi connectivity index (χ4v) is 3.03. The molecule has 1 unspecified atom stereocenters. The average Bonchev–Trinajstić information content (AvgIpc) is 2.93. The van der Waals surface area contributed by atoms with Crippen molar-refractivity contribution in [2.75, 3.05) is 6.54 Å².